The number of hydrogen-bond donors (Lipinski definition) is 2. The Morgan fingerprint density at radius 3 is 3.14 bits per heavy atom. The minimum atomic E-state index is -0.0158. The summed E-state index contributed by atoms with van der Waals surface area (Å²) in [7, 11) is 0. The second kappa shape index (κ2) is 3.67. The number of hydrogen-bond acceptors (Lipinski definition) is 3. The first-order valence-corrected chi connectivity index (χ1v) is 4.56. The lowest BCUT2D eigenvalue weighted by Gasteiger charge is -2.10. The fourth-order valence-electron chi connectivity index (χ4n) is 1.47. The number of amides is 1. The van der Waals surface area contributed by atoms with Gasteiger partial charge in [-0.15, -0.1) is 0 Å². The van der Waals surface area contributed by atoms with E-state index in [2.05, 4.69) is 5.32 Å². The first-order valence-electron chi connectivity index (χ1n) is 4.56. The monoisotopic (exact) mass is 192 g/mol. The summed E-state index contributed by atoms with van der Waals surface area (Å²) in [4.78, 5) is 11.2. The molecule has 1 amide bonds. The SMILES string of the molecule is NCc1cccc2c1OCCC(=O)N2. The second-order valence-corrected chi connectivity index (χ2v) is 3.14. The third kappa shape index (κ3) is 1.56. The average Bonchev–Trinajstić information content (AvgIpc) is 2.37. The molecule has 4 nitrogen and oxygen atoms in total. The van der Waals surface area contributed by atoms with E-state index >= 15 is 0 Å². The Balaban J connectivity index is 2.43. The van der Waals surface area contributed by atoms with Gasteiger partial charge in [0.15, 0.2) is 0 Å². The zero-order valence-electron chi connectivity index (χ0n) is 7.75. The maximum Gasteiger partial charge on any atom is 0.227 e. The maximum atomic E-state index is 11.2. The number of rotatable bonds is 1. The molecule has 1 aromatic carbocycles. The van der Waals surface area contributed by atoms with Gasteiger partial charge in [0.05, 0.1) is 18.7 Å². The molecule has 0 saturated carbocycles. The summed E-state index contributed by atoms with van der Waals surface area (Å²) < 4.78 is 5.48. The lowest BCUT2D eigenvalue weighted by atomic mass is 10.1. The molecule has 2 rings (SSSR count). The van der Waals surface area contributed by atoms with Gasteiger partial charge in [0.2, 0.25) is 5.91 Å². The quantitative estimate of drug-likeness (QED) is 0.693. The van der Waals surface area contributed by atoms with E-state index in [1.54, 1.807) is 0 Å². The van der Waals surface area contributed by atoms with Crippen molar-refractivity contribution in [2.45, 2.75) is 13.0 Å². The second-order valence-electron chi connectivity index (χ2n) is 3.14. The van der Waals surface area contributed by atoms with Crippen molar-refractivity contribution in [2.75, 3.05) is 11.9 Å². The van der Waals surface area contributed by atoms with E-state index in [-0.39, 0.29) is 5.91 Å². The van der Waals surface area contributed by atoms with Crippen molar-refractivity contribution in [3.8, 4) is 5.75 Å². The van der Waals surface area contributed by atoms with Crippen molar-refractivity contribution < 1.29 is 9.53 Å². The van der Waals surface area contributed by atoms with Crippen LogP contribution >= 0.6 is 0 Å². The van der Waals surface area contributed by atoms with Gasteiger partial charge in [0, 0.05) is 12.1 Å². The summed E-state index contributed by atoms with van der Waals surface area (Å²) in [5.74, 6) is 0.693. The lowest BCUT2D eigenvalue weighted by molar-refractivity contribution is -0.116. The van der Waals surface area contributed by atoms with Gasteiger partial charge in [-0.05, 0) is 6.07 Å². The molecule has 0 unspecified atom stereocenters. The highest BCUT2D eigenvalue weighted by atomic mass is 16.5. The normalized spacial score (nSPS) is 15.1. The number of fused-ring (bicyclic) bond motifs is 1. The van der Waals surface area contributed by atoms with Crippen LogP contribution in [0.25, 0.3) is 0 Å². The predicted octanol–water partition coefficient (Wildman–Crippen LogP) is 0.866. The zero-order valence-corrected chi connectivity index (χ0v) is 7.75. The Labute approximate surface area is 82.1 Å². The van der Waals surface area contributed by atoms with Crippen LogP contribution in [0.3, 0.4) is 0 Å². The number of anilines is 1. The molecule has 14 heavy (non-hydrogen) atoms. The number of ether oxygens (including phenoxy) is 1. The third-order valence-corrected chi connectivity index (χ3v) is 2.17. The standard InChI is InChI=1S/C10H12N2O2/c11-6-7-2-1-3-8-10(7)14-5-4-9(13)12-8/h1-3H,4-6,11H2,(H,12,13). The van der Waals surface area contributed by atoms with Crippen molar-refractivity contribution in [2.24, 2.45) is 5.73 Å². The van der Waals surface area contributed by atoms with Crippen molar-refractivity contribution in [1.29, 1.82) is 0 Å². The molecule has 0 radical (unpaired) electrons. The summed E-state index contributed by atoms with van der Waals surface area (Å²) in [5.41, 5.74) is 7.21. The van der Waals surface area contributed by atoms with Crippen LogP contribution in [-0.4, -0.2) is 12.5 Å². The zero-order chi connectivity index (χ0) is 9.97. The van der Waals surface area contributed by atoms with Crippen LogP contribution < -0.4 is 15.8 Å². The molecule has 0 aromatic heterocycles. The summed E-state index contributed by atoms with van der Waals surface area (Å²) in [6, 6.07) is 5.57. The van der Waals surface area contributed by atoms with Crippen LogP contribution in [0.15, 0.2) is 18.2 Å². The molecule has 1 aromatic rings. The fourth-order valence-corrected chi connectivity index (χ4v) is 1.47. The minimum Gasteiger partial charge on any atom is -0.491 e. The van der Waals surface area contributed by atoms with Gasteiger partial charge in [-0.25, -0.2) is 0 Å². The van der Waals surface area contributed by atoms with Gasteiger partial charge in [0.25, 0.3) is 0 Å². The number of nitrogens with one attached hydrogen (secondary N) is 1. The summed E-state index contributed by atoms with van der Waals surface area (Å²) in [6.07, 6.45) is 0.388. The molecule has 0 spiro atoms. The van der Waals surface area contributed by atoms with Crippen LogP contribution in [0.4, 0.5) is 5.69 Å². The Bertz CT molecular complexity index is 363. The highest BCUT2D eigenvalue weighted by Gasteiger charge is 2.15. The molecule has 0 saturated heterocycles. The first kappa shape index (κ1) is 9.02. The van der Waals surface area contributed by atoms with Crippen molar-refractivity contribution >= 4 is 11.6 Å². The number of carbonyl (C=O) groups is 1. The molecule has 1 aliphatic heterocycles. The molecule has 4 heteroatoms. The third-order valence-electron chi connectivity index (χ3n) is 2.17. The molecular formula is C10H12N2O2. The van der Waals surface area contributed by atoms with E-state index in [0.29, 0.717) is 25.3 Å². The fraction of sp³-hybridized carbons (Fsp3) is 0.300. The molecular weight excluding hydrogens is 180 g/mol. The topological polar surface area (TPSA) is 64.3 Å². The van der Waals surface area contributed by atoms with E-state index in [9.17, 15) is 4.79 Å². The first-order chi connectivity index (χ1) is 6.81. The number of benzene rings is 1. The van der Waals surface area contributed by atoms with E-state index < -0.39 is 0 Å². The molecule has 74 valence electrons. The van der Waals surface area contributed by atoms with Gasteiger partial charge >= 0.3 is 0 Å². The molecule has 3 N–H and O–H groups in total. The molecule has 1 heterocycles. The number of carbonyl (C=O) groups excluding carboxylic acids is 1. The van der Waals surface area contributed by atoms with E-state index in [1.807, 2.05) is 18.2 Å². The highest BCUT2D eigenvalue weighted by molar-refractivity contribution is 5.93. The van der Waals surface area contributed by atoms with Gasteiger partial charge in [-0.3, -0.25) is 4.79 Å². The van der Waals surface area contributed by atoms with Crippen LogP contribution in [0.5, 0.6) is 5.75 Å². The van der Waals surface area contributed by atoms with Gasteiger partial charge < -0.3 is 15.8 Å². The highest BCUT2D eigenvalue weighted by Crippen LogP contribution is 2.30. The average molecular weight is 192 g/mol. The number of nitrogens with two attached hydrogens (primary N) is 1. The Morgan fingerprint density at radius 2 is 2.36 bits per heavy atom. The number of para-hydroxylation sites is 1. The van der Waals surface area contributed by atoms with Crippen molar-refractivity contribution in [3.63, 3.8) is 0 Å². The van der Waals surface area contributed by atoms with Gasteiger partial charge in [-0.2, -0.15) is 0 Å². The van der Waals surface area contributed by atoms with E-state index in [4.69, 9.17) is 10.5 Å². The van der Waals surface area contributed by atoms with E-state index in [0.717, 1.165) is 11.3 Å². The molecule has 0 aliphatic carbocycles. The molecule has 0 fully saturated rings. The Kier molecular flexibility index (Phi) is 2.37. The minimum absolute atomic E-state index is 0.0158. The Hall–Kier alpha value is -1.55. The maximum absolute atomic E-state index is 11.2. The van der Waals surface area contributed by atoms with Crippen LogP contribution in [0.2, 0.25) is 0 Å². The Morgan fingerprint density at radius 1 is 1.50 bits per heavy atom. The van der Waals surface area contributed by atoms with Gasteiger partial charge in [0.1, 0.15) is 5.75 Å². The van der Waals surface area contributed by atoms with Crippen molar-refractivity contribution in [3.05, 3.63) is 23.8 Å². The summed E-state index contributed by atoms with van der Waals surface area (Å²) in [5, 5.41) is 2.78. The molecule has 1 aliphatic rings. The van der Waals surface area contributed by atoms with Crippen LogP contribution in [0.1, 0.15) is 12.0 Å². The summed E-state index contributed by atoms with van der Waals surface area (Å²) >= 11 is 0. The van der Waals surface area contributed by atoms with E-state index in [1.165, 1.54) is 0 Å². The predicted molar refractivity (Wildman–Crippen MR) is 53.1 cm³/mol. The largest absolute Gasteiger partial charge is 0.491 e. The lowest BCUT2D eigenvalue weighted by Crippen LogP contribution is -2.10. The smallest absolute Gasteiger partial charge is 0.227 e. The van der Waals surface area contributed by atoms with Crippen molar-refractivity contribution in [1.82, 2.24) is 0 Å². The van der Waals surface area contributed by atoms with Crippen LogP contribution in [0, 0.1) is 0 Å². The molecule has 0 bridgehead atoms. The molecule has 0 atom stereocenters. The summed E-state index contributed by atoms with van der Waals surface area (Å²) in [6.45, 7) is 0.828. The van der Waals surface area contributed by atoms with Crippen LogP contribution in [-0.2, 0) is 11.3 Å². The van der Waals surface area contributed by atoms with Gasteiger partial charge in [-0.1, -0.05) is 12.1 Å².